The summed E-state index contributed by atoms with van der Waals surface area (Å²) in [5.41, 5.74) is 1.19. The molecule has 1 aromatic carbocycles. The fraction of sp³-hybridized carbons (Fsp3) is 0.600. The highest BCUT2D eigenvalue weighted by Gasteiger charge is 2.24. The van der Waals surface area contributed by atoms with Gasteiger partial charge in [0.15, 0.2) is 0 Å². The minimum absolute atomic E-state index is 0.423. The van der Waals surface area contributed by atoms with Crippen molar-refractivity contribution in [3.63, 3.8) is 0 Å². The third-order valence-corrected chi connectivity index (χ3v) is 6.60. The van der Waals surface area contributed by atoms with E-state index in [1.165, 1.54) is 5.56 Å². The zero-order valence-electron chi connectivity index (χ0n) is 12.5. The lowest BCUT2D eigenvalue weighted by Gasteiger charge is -2.19. The summed E-state index contributed by atoms with van der Waals surface area (Å²) in [7, 11) is -1.38. The van der Waals surface area contributed by atoms with E-state index in [9.17, 15) is 8.42 Å². The molecule has 0 bridgehead atoms. The molecule has 1 aromatic rings. The topological polar surface area (TPSA) is 49.4 Å². The quantitative estimate of drug-likeness (QED) is 0.811. The van der Waals surface area contributed by atoms with Crippen molar-refractivity contribution >= 4 is 21.8 Å². The lowest BCUT2D eigenvalue weighted by molar-refractivity contribution is 0.435. The molecule has 1 fully saturated rings. The summed E-state index contributed by atoms with van der Waals surface area (Å²) < 4.78 is 26.9. The molecule has 1 heterocycles. The van der Waals surface area contributed by atoms with E-state index >= 15 is 0 Å². The number of aryl methyl sites for hydroxylation is 1. The monoisotopic (exact) mass is 328 g/mol. The van der Waals surface area contributed by atoms with Crippen LogP contribution in [0.3, 0.4) is 0 Å². The number of thioether (sulfide) groups is 1. The van der Waals surface area contributed by atoms with Crippen molar-refractivity contribution in [1.82, 2.24) is 9.62 Å². The van der Waals surface area contributed by atoms with Crippen LogP contribution in [-0.2, 0) is 16.4 Å². The Kier molecular flexibility index (Phi) is 6.54. The Labute approximate surface area is 132 Å². The molecule has 0 aliphatic carbocycles. The Morgan fingerprint density at radius 1 is 1.19 bits per heavy atom. The molecular weight excluding hydrogens is 304 g/mol. The van der Waals surface area contributed by atoms with E-state index in [1.54, 1.807) is 16.4 Å². The van der Waals surface area contributed by atoms with Crippen molar-refractivity contribution in [3.05, 3.63) is 29.8 Å². The van der Waals surface area contributed by atoms with E-state index in [-0.39, 0.29) is 0 Å². The average Bonchev–Trinajstić information content (AvgIpc) is 2.78. The van der Waals surface area contributed by atoms with Crippen LogP contribution in [0, 0.1) is 0 Å². The van der Waals surface area contributed by atoms with Gasteiger partial charge in [0.2, 0.25) is 10.0 Å². The number of rotatable bonds is 6. The third kappa shape index (κ3) is 4.71. The van der Waals surface area contributed by atoms with Gasteiger partial charge in [-0.2, -0.15) is 16.1 Å². The zero-order chi connectivity index (χ0) is 15.1. The smallest absolute Gasteiger partial charge is 0.243 e. The van der Waals surface area contributed by atoms with E-state index in [0.29, 0.717) is 18.0 Å². The molecule has 0 atom stereocenters. The van der Waals surface area contributed by atoms with Gasteiger partial charge in [0, 0.05) is 18.8 Å². The van der Waals surface area contributed by atoms with Crippen LogP contribution in [0.2, 0.25) is 0 Å². The standard InChI is InChI=1S/C15H24N2O2S2/c1-16-9-2-4-14-5-7-15(8-6-14)21(18,19)17-10-3-12-20-13-11-17/h5-8,16H,2-4,9-13H2,1H3. The maximum Gasteiger partial charge on any atom is 0.243 e. The Hall–Kier alpha value is -0.560. The lowest BCUT2D eigenvalue weighted by Crippen LogP contribution is -2.33. The van der Waals surface area contributed by atoms with Crippen molar-refractivity contribution in [3.8, 4) is 0 Å². The Morgan fingerprint density at radius 3 is 2.67 bits per heavy atom. The largest absolute Gasteiger partial charge is 0.320 e. The van der Waals surface area contributed by atoms with Gasteiger partial charge in [-0.1, -0.05) is 12.1 Å². The van der Waals surface area contributed by atoms with Crippen molar-refractivity contribution in [1.29, 1.82) is 0 Å². The van der Waals surface area contributed by atoms with E-state index < -0.39 is 10.0 Å². The van der Waals surface area contributed by atoms with Gasteiger partial charge in [0.05, 0.1) is 4.90 Å². The van der Waals surface area contributed by atoms with Gasteiger partial charge >= 0.3 is 0 Å². The van der Waals surface area contributed by atoms with E-state index in [1.807, 2.05) is 30.9 Å². The highest BCUT2D eigenvalue weighted by molar-refractivity contribution is 7.99. The van der Waals surface area contributed by atoms with Gasteiger partial charge in [0.25, 0.3) is 0 Å². The molecule has 0 radical (unpaired) electrons. The third-order valence-electron chi connectivity index (χ3n) is 3.63. The van der Waals surface area contributed by atoms with Crippen LogP contribution in [0.25, 0.3) is 0 Å². The van der Waals surface area contributed by atoms with Crippen LogP contribution >= 0.6 is 11.8 Å². The van der Waals surface area contributed by atoms with E-state index in [4.69, 9.17) is 0 Å². The molecule has 0 aromatic heterocycles. The van der Waals surface area contributed by atoms with Crippen LogP contribution in [0.15, 0.2) is 29.2 Å². The van der Waals surface area contributed by atoms with Gasteiger partial charge in [0.1, 0.15) is 0 Å². The summed E-state index contributed by atoms with van der Waals surface area (Å²) in [5.74, 6) is 1.94. The Balaban J connectivity index is 2.05. The first-order valence-corrected chi connectivity index (χ1v) is 10.1. The Bertz CT molecular complexity index is 521. The zero-order valence-corrected chi connectivity index (χ0v) is 14.2. The van der Waals surface area contributed by atoms with Crippen LogP contribution in [0.4, 0.5) is 0 Å². The number of nitrogens with zero attached hydrogens (tertiary/aromatic N) is 1. The summed E-state index contributed by atoms with van der Waals surface area (Å²) in [6, 6.07) is 7.38. The van der Waals surface area contributed by atoms with Gasteiger partial charge in [-0.25, -0.2) is 8.42 Å². The van der Waals surface area contributed by atoms with Crippen molar-refractivity contribution < 1.29 is 8.42 Å². The first-order chi connectivity index (χ1) is 10.1. The first kappa shape index (κ1) is 16.8. The second-order valence-electron chi connectivity index (χ2n) is 5.22. The molecular formula is C15H24N2O2S2. The number of hydrogen-bond acceptors (Lipinski definition) is 4. The SMILES string of the molecule is CNCCCc1ccc(S(=O)(=O)N2CCCSCC2)cc1. The number of sulfonamides is 1. The van der Waals surface area contributed by atoms with Crippen LogP contribution < -0.4 is 5.32 Å². The van der Waals surface area contributed by atoms with Crippen LogP contribution in [0.1, 0.15) is 18.4 Å². The molecule has 4 nitrogen and oxygen atoms in total. The van der Waals surface area contributed by atoms with Crippen molar-refractivity contribution in [2.45, 2.75) is 24.2 Å². The molecule has 0 saturated carbocycles. The second kappa shape index (κ2) is 8.17. The van der Waals surface area contributed by atoms with Crippen LogP contribution in [-0.4, -0.2) is 50.9 Å². The fourth-order valence-corrected chi connectivity index (χ4v) is 4.89. The van der Waals surface area contributed by atoms with Crippen molar-refractivity contribution in [2.24, 2.45) is 0 Å². The molecule has 21 heavy (non-hydrogen) atoms. The normalized spacial score (nSPS) is 17.6. The fourth-order valence-electron chi connectivity index (χ4n) is 2.41. The van der Waals surface area contributed by atoms with Crippen molar-refractivity contribution in [2.75, 3.05) is 38.2 Å². The molecule has 1 aliphatic heterocycles. The second-order valence-corrected chi connectivity index (χ2v) is 8.38. The van der Waals surface area contributed by atoms with E-state index in [2.05, 4.69) is 5.32 Å². The molecule has 0 unspecified atom stereocenters. The molecule has 2 rings (SSSR count). The summed E-state index contributed by atoms with van der Waals surface area (Å²) in [6.07, 6.45) is 2.97. The first-order valence-electron chi connectivity index (χ1n) is 7.46. The summed E-state index contributed by atoms with van der Waals surface area (Å²) >= 11 is 1.83. The molecule has 1 aliphatic rings. The maximum atomic E-state index is 12.6. The molecule has 0 spiro atoms. The number of nitrogens with one attached hydrogen (secondary N) is 1. The average molecular weight is 329 g/mol. The number of hydrogen-bond donors (Lipinski definition) is 1. The van der Waals surface area contributed by atoms with E-state index in [0.717, 1.165) is 37.3 Å². The highest BCUT2D eigenvalue weighted by Crippen LogP contribution is 2.20. The van der Waals surface area contributed by atoms with Gasteiger partial charge in [-0.3, -0.25) is 0 Å². The van der Waals surface area contributed by atoms with Gasteiger partial charge < -0.3 is 5.32 Å². The predicted molar refractivity (Wildman–Crippen MR) is 89.4 cm³/mol. The van der Waals surface area contributed by atoms with Crippen LogP contribution in [0.5, 0.6) is 0 Å². The molecule has 6 heteroatoms. The minimum Gasteiger partial charge on any atom is -0.320 e. The summed E-state index contributed by atoms with van der Waals surface area (Å²) in [6.45, 7) is 2.24. The molecule has 0 amide bonds. The Morgan fingerprint density at radius 2 is 1.95 bits per heavy atom. The van der Waals surface area contributed by atoms with Gasteiger partial charge in [-0.15, -0.1) is 0 Å². The lowest BCUT2D eigenvalue weighted by atomic mass is 10.1. The number of benzene rings is 1. The minimum atomic E-state index is -3.32. The maximum absolute atomic E-state index is 12.6. The summed E-state index contributed by atoms with van der Waals surface area (Å²) in [4.78, 5) is 0.423. The molecule has 1 saturated heterocycles. The molecule has 1 N–H and O–H groups in total. The molecule has 118 valence electrons. The predicted octanol–water partition coefficient (Wildman–Crippen LogP) is 1.97. The van der Waals surface area contributed by atoms with Gasteiger partial charge in [-0.05, 0) is 56.3 Å². The highest BCUT2D eigenvalue weighted by atomic mass is 32.2. The summed E-state index contributed by atoms with van der Waals surface area (Å²) in [5, 5.41) is 3.12.